The number of hydrogen-bond acceptors (Lipinski definition) is 4. The molecule has 2 rings (SSSR count). The van der Waals surface area contributed by atoms with Crippen molar-refractivity contribution in [2.45, 2.75) is 6.42 Å². The number of para-hydroxylation sites is 1. The lowest BCUT2D eigenvalue weighted by molar-refractivity contribution is -0.117. The molecule has 0 fully saturated rings. The number of halogens is 1. The molecular weight excluding hydrogens is 366 g/mol. The molecule has 0 saturated heterocycles. The van der Waals surface area contributed by atoms with E-state index in [4.69, 9.17) is 0 Å². The SMILES string of the molecule is CN(C)CCCNC(=O)C(=O)c1ccccc1NC(=O)c1ccccc1.Cl. The summed E-state index contributed by atoms with van der Waals surface area (Å²) in [6.07, 6.45) is 0.748. The lowest BCUT2D eigenvalue weighted by atomic mass is 10.1. The molecule has 6 nitrogen and oxygen atoms in total. The summed E-state index contributed by atoms with van der Waals surface area (Å²) in [5.41, 5.74) is 0.958. The third kappa shape index (κ3) is 6.84. The average Bonchev–Trinajstić information content (AvgIpc) is 2.65. The minimum absolute atomic E-state index is 0. The Bertz CT molecular complexity index is 779. The van der Waals surface area contributed by atoms with E-state index in [1.807, 2.05) is 25.1 Å². The van der Waals surface area contributed by atoms with E-state index in [0.717, 1.165) is 13.0 Å². The lowest BCUT2D eigenvalue weighted by Gasteiger charge is -2.11. The van der Waals surface area contributed by atoms with Crippen LogP contribution in [0.5, 0.6) is 0 Å². The summed E-state index contributed by atoms with van der Waals surface area (Å²) in [6.45, 7) is 1.24. The highest BCUT2D eigenvalue weighted by Crippen LogP contribution is 2.17. The normalized spacial score (nSPS) is 10.0. The van der Waals surface area contributed by atoms with Gasteiger partial charge in [0.1, 0.15) is 0 Å². The fourth-order valence-corrected chi connectivity index (χ4v) is 2.37. The van der Waals surface area contributed by atoms with Crippen LogP contribution in [0.1, 0.15) is 27.1 Å². The monoisotopic (exact) mass is 389 g/mol. The molecule has 2 aromatic carbocycles. The van der Waals surface area contributed by atoms with Crippen LogP contribution in [0.3, 0.4) is 0 Å². The Morgan fingerprint density at radius 2 is 1.56 bits per heavy atom. The molecule has 144 valence electrons. The van der Waals surface area contributed by atoms with Gasteiger partial charge in [-0.2, -0.15) is 0 Å². The highest BCUT2D eigenvalue weighted by molar-refractivity contribution is 6.44. The van der Waals surface area contributed by atoms with Gasteiger partial charge in [-0.05, 0) is 51.3 Å². The molecule has 2 amide bonds. The Labute approximate surface area is 165 Å². The molecular formula is C20H24ClN3O3. The maximum Gasteiger partial charge on any atom is 0.292 e. The zero-order chi connectivity index (χ0) is 18.9. The number of carbonyl (C=O) groups excluding carboxylic acids is 3. The number of hydrogen-bond donors (Lipinski definition) is 2. The van der Waals surface area contributed by atoms with Gasteiger partial charge in [-0.15, -0.1) is 12.4 Å². The number of anilines is 1. The molecule has 0 unspecified atom stereocenters. The molecule has 0 aliphatic carbocycles. The molecule has 7 heteroatoms. The Kier molecular flexibility index (Phi) is 9.19. The van der Waals surface area contributed by atoms with E-state index in [-0.39, 0.29) is 23.9 Å². The molecule has 0 bridgehead atoms. The van der Waals surface area contributed by atoms with Crippen molar-refractivity contribution in [3.05, 3.63) is 65.7 Å². The first-order valence-corrected chi connectivity index (χ1v) is 8.41. The van der Waals surface area contributed by atoms with Crippen LogP contribution in [-0.4, -0.2) is 49.7 Å². The molecule has 0 aliphatic heterocycles. The largest absolute Gasteiger partial charge is 0.349 e. The van der Waals surface area contributed by atoms with Gasteiger partial charge >= 0.3 is 0 Å². The molecule has 27 heavy (non-hydrogen) atoms. The fourth-order valence-electron chi connectivity index (χ4n) is 2.37. The number of nitrogens with zero attached hydrogens (tertiary/aromatic N) is 1. The first kappa shape index (κ1) is 22.3. The first-order valence-electron chi connectivity index (χ1n) is 8.41. The Balaban J connectivity index is 0.00000364. The van der Waals surface area contributed by atoms with Crippen molar-refractivity contribution in [1.29, 1.82) is 0 Å². The van der Waals surface area contributed by atoms with Crippen molar-refractivity contribution in [3.8, 4) is 0 Å². The van der Waals surface area contributed by atoms with Crippen molar-refractivity contribution in [1.82, 2.24) is 10.2 Å². The maximum absolute atomic E-state index is 12.4. The molecule has 0 saturated carbocycles. The fraction of sp³-hybridized carbons (Fsp3) is 0.250. The molecule has 0 aliphatic rings. The summed E-state index contributed by atoms with van der Waals surface area (Å²) >= 11 is 0. The molecule has 0 radical (unpaired) electrons. The molecule has 0 heterocycles. The molecule has 2 N–H and O–H groups in total. The first-order chi connectivity index (χ1) is 12.5. The summed E-state index contributed by atoms with van der Waals surface area (Å²) in [5.74, 6) is -1.68. The van der Waals surface area contributed by atoms with Crippen LogP contribution >= 0.6 is 12.4 Å². The number of benzene rings is 2. The Morgan fingerprint density at radius 1 is 0.926 bits per heavy atom. The highest BCUT2D eigenvalue weighted by atomic mass is 35.5. The van der Waals surface area contributed by atoms with Crippen LogP contribution in [0, 0.1) is 0 Å². The van der Waals surface area contributed by atoms with Crippen molar-refractivity contribution in [2.24, 2.45) is 0 Å². The van der Waals surface area contributed by atoms with E-state index in [1.54, 1.807) is 42.5 Å². The van der Waals surface area contributed by atoms with Crippen LogP contribution in [-0.2, 0) is 4.79 Å². The van der Waals surface area contributed by atoms with Crippen molar-refractivity contribution in [3.63, 3.8) is 0 Å². The summed E-state index contributed by atoms with van der Waals surface area (Å²) in [5, 5.41) is 5.32. The van der Waals surface area contributed by atoms with E-state index in [0.29, 0.717) is 17.8 Å². The number of rotatable bonds is 8. The molecule has 0 aromatic heterocycles. The number of amides is 2. The van der Waals surface area contributed by atoms with E-state index in [1.165, 1.54) is 6.07 Å². The minimum atomic E-state index is -0.676. The number of ketones is 1. The van der Waals surface area contributed by atoms with E-state index < -0.39 is 11.7 Å². The highest BCUT2D eigenvalue weighted by Gasteiger charge is 2.20. The van der Waals surface area contributed by atoms with Gasteiger partial charge in [-0.3, -0.25) is 14.4 Å². The van der Waals surface area contributed by atoms with E-state index in [9.17, 15) is 14.4 Å². The van der Waals surface area contributed by atoms with Gasteiger partial charge in [-0.25, -0.2) is 0 Å². The van der Waals surface area contributed by atoms with Gasteiger partial charge < -0.3 is 15.5 Å². The summed E-state index contributed by atoms with van der Waals surface area (Å²) in [6, 6.07) is 15.2. The summed E-state index contributed by atoms with van der Waals surface area (Å²) in [7, 11) is 3.89. The van der Waals surface area contributed by atoms with Gasteiger partial charge in [0.15, 0.2) is 0 Å². The topological polar surface area (TPSA) is 78.5 Å². The third-order valence-electron chi connectivity index (χ3n) is 3.73. The average molecular weight is 390 g/mol. The quantitative estimate of drug-likeness (QED) is 0.413. The van der Waals surface area contributed by atoms with E-state index >= 15 is 0 Å². The Morgan fingerprint density at radius 3 is 2.22 bits per heavy atom. The van der Waals surface area contributed by atoms with Crippen LogP contribution in [0.15, 0.2) is 54.6 Å². The number of carbonyl (C=O) groups is 3. The predicted molar refractivity (Wildman–Crippen MR) is 109 cm³/mol. The second kappa shape index (κ2) is 11.1. The number of nitrogens with one attached hydrogen (secondary N) is 2. The van der Waals surface area contributed by atoms with Gasteiger partial charge in [0.05, 0.1) is 11.3 Å². The zero-order valence-corrected chi connectivity index (χ0v) is 16.2. The smallest absolute Gasteiger partial charge is 0.292 e. The number of Topliss-reactive ketones (excluding diaryl/α,β-unsaturated/α-hetero) is 1. The van der Waals surface area contributed by atoms with Crippen LogP contribution < -0.4 is 10.6 Å². The van der Waals surface area contributed by atoms with Crippen molar-refractivity contribution in [2.75, 3.05) is 32.5 Å². The Hall–Kier alpha value is -2.70. The zero-order valence-electron chi connectivity index (χ0n) is 15.4. The molecule has 2 aromatic rings. The maximum atomic E-state index is 12.4. The summed E-state index contributed by atoms with van der Waals surface area (Å²) in [4.78, 5) is 38.9. The second-order valence-corrected chi connectivity index (χ2v) is 6.11. The van der Waals surface area contributed by atoms with Crippen LogP contribution in [0.4, 0.5) is 5.69 Å². The lowest BCUT2D eigenvalue weighted by Crippen LogP contribution is -2.33. The van der Waals surface area contributed by atoms with Gasteiger partial charge in [-0.1, -0.05) is 30.3 Å². The van der Waals surface area contributed by atoms with Crippen molar-refractivity contribution >= 4 is 35.7 Å². The molecule has 0 spiro atoms. The molecule has 0 atom stereocenters. The minimum Gasteiger partial charge on any atom is -0.349 e. The summed E-state index contributed by atoms with van der Waals surface area (Å²) < 4.78 is 0. The predicted octanol–water partition coefficient (Wildman–Crippen LogP) is 2.61. The second-order valence-electron chi connectivity index (χ2n) is 6.11. The third-order valence-corrected chi connectivity index (χ3v) is 3.73. The van der Waals surface area contributed by atoms with Crippen LogP contribution in [0.25, 0.3) is 0 Å². The van der Waals surface area contributed by atoms with Gasteiger partial charge in [0.2, 0.25) is 0 Å². The van der Waals surface area contributed by atoms with E-state index in [2.05, 4.69) is 10.6 Å². The van der Waals surface area contributed by atoms with Crippen molar-refractivity contribution < 1.29 is 14.4 Å². The van der Waals surface area contributed by atoms with Gasteiger partial charge in [0, 0.05) is 12.1 Å². The van der Waals surface area contributed by atoms with Crippen LogP contribution in [0.2, 0.25) is 0 Å². The standard InChI is InChI=1S/C20H23N3O3.ClH/c1-23(2)14-8-13-21-20(26)18(24)16-11-6-7-12-17(16)22-19(25)15-9-4-3-5-10-15;/h3-7,9-12H,8,13-14H2,1-2H3,(H,21,26)(H,22,25);1H. The van der Waals surface area contributed by atoms with Gasteiger partial charge in [0.25, 0.3) is 17.6 Å².